The Labute approximate surface area is 169 Å². The SMILES string of the molecule is O=C(c1ccc([N+](=O)[O-])c(O)c1)N1CCN(Cc2nc(-c3cccs3)no2)CC1. The van der Waals surface area contributed by atoms with E-state index in [4.69, 9.17) is 4.52 Å². The van der Waals surface area contributed by atoms with Gasteiger partial charge in [0.1, 0.15) is 0 Å². The maximum Gasteiger partial charge on any atom is 0.310 e. The van der Waals surface area contributed by atoms with Crippen molar-refractivity contribution in [2.24, 2.45) is 0 Å². The van der Waals surface area contributed by atoms with E-state index in [1.807, 2.05) is 17.5 Å². The van der Waals surface area contributed by atoms with Gasteiger partial charge in [-0.15, -0.1) is 11.3 Å². The predicted octanol–water partition coefficient (Wildman–Crippen LogP) is 2.37. The minimum Gasteiger partial charge on any atom is -0.502 e. The summed E-state index contributed by atoms with van der Waals surface area (Å²) in [4.78, 5) is 31.8. The van der Waals surface area contributed by atoms with E-state index in [9.17, 15) is 20.0 Å². The van der Waals surface area contributed by atoms with Gasteiger partial charge in [0, 0.05) is 37.8 Å². The molecule has 0 atom stereocenters. The van der Waals surface area contributed by atoms with Crippen LogP contribution in [0, 0.1) is 10.1 Å². The van der Waals surface area contributed by atoms with Gasteiger partial charge in [-0.05, 0) is 23.6 Å². The number of piperazine rings is 1. The van der Waals surface area contributed by atoms with Crippen LogP contribution in [-0.2, 0) is 6.54 Å². The molecule has 0 bridgehead atoms. The molecule has 0 unspecified atom stereocenters. The average molecular weight is 415 g/mol. The topological polar surface area (TPSA) is 126 Å². The number of phenolic OH excluding ortho intramolecular Hbond substituents is 1. The standard InChI is InChI=1S/C18H17N5O5S/c24-14-10-12(3-4-13(14)23(26)27)18(25)22-7-5-21(6-8-22)11-16-19-17(20-28-16)15-2-1-9-29-15/h1-4,9-10,24H,5-8,11H2. The normalized spacial score (nSPS) is 14.8. The molecular weight excluding hydrogens is 398 g/mol. The molecule has 29 heavy (non-hydrogen) atoms. The number of amides is 1. The molecule has 0 radical (unpaired) electrons. The number of nitro groups is 1. The molecule has 1 saturated heterocycles. The van der Waals surface area contributed by atoms with Crippen molar-refractivity contribution in [1.82, 2.24) is 19.9 Å². The smallest absolute Gasteiger partial charge is 0.310 e. The number of benzene rings is 1. The van der Waals surface area contributed by atoms with E-state index in [1.54, 1.807) is 16.2 Å². The molecule has 1 fully saturated rings. The van der Waals surface area contributed by atoms with E-state index in [0.29, 0.717) is 44.4 Å². The van der Waals surface area contributed by atoms with E-state index >= 15 is 0 Å². The van der Waals surface area contributed by atoms with E-state index in [1.165, 1.54) is 6.07 Å². The van der Waals surface area contributed by atoms with Gasteiger partial charge in [0.2, 0.25) is 11.7 Å². The number of nitro benzene ring substituents is 1. The summed E-state index contributed by atoms with van der Waals surface area (Å²) in [6.45, 7) is 2.73. The van der Waals surface area contributed by atoms with Gasteiger partial charge in [-0.2, -0.15) is 4.98 Å². The van der Waals surface area contributed by atoms with Crippen molar-refractivity contribution in [3.63, 3.8) is 0 Å². The Morgan fingerprint density at radius 2 is 2.07 bits per heavy atom. The van der Waals surface area contributed by atoms with Crippen LogP contribution in [0.2, 0.25) is 0 Å². The summed E-state index contributed by atoms with van der Waals surface area (Å²) in [6, 6.07) is 7.49. The highest BCUT2D eigenvalue weighted by Crippen LogP contribution is 2.27. The highest BCUT2D eigenvalue weighted by atomic mass is 32.1. The number of rotatable bonds is 5. The molecule has 10 nitrogen and oxygen atoms in total. The zero-order chi connectivity index (χ0) is 20.4. The quantitative estimate of drug-likeness (QED) is 0.497. The second-order valence-corrected chi connectivity index (χ2v) is 7.47. The first kappa shape index (κ1) is 19.0. The van der Waals surface area contributed by atoms with Gasteiger partial charge in [0.15, 0.2) is 5.75 Å². The number of nitrogens with zero attached hydrogens (tertiary/aromatic N) is 5. The van der Waals surface area contributed by atoms with Crippen LogP contribution in [0.25, 0.3) is 10.7 Å². The van der Waals surface area contributed by atoms with Crippen LogP contribution in [0.5, 0.6) is 5.75 Å². The number of thiophene rings is 1. The molecule has 1 amide bonds. The summed E-state index contributed by atoms with van der Waals surface area (Å²) in [5.74, 6) is 0.306. The number of aromatic nitrogens is 2. The third-order valence-corrected chi connectivity index (χ3v) is 5.51. The van der Waals surface area contributed by atoms with E-state index < -0.39 is 16.4 Å². The van der Waals surface area contributed by atoms with Crippen LogP contribution in [0.4, 0.5) is 5.69 Å². The predicted molar refractivity (Wildman–Crippen MR) is 104 cm³/mol. The fourth-order valence-electron chi connectivity index (χ4n) is 3.12. The van der Waals surface area contributed by atoms with Crippen molar-refractivity contribution >= 4 is 22.9 Å². The van der Waals surface area contributed by atoms with Crippen molar-refractivity contribution in [3.05, 3.63) is 57.3 Å². The van der Waals surface area contributed by atoms with Gasteiger partial charge in [-0.3, -0.25) is 19.8 Å². The summed E-state index contributed by atoms with van der Waals surface area (Å²) in [5, 5.41) is 26.5. The summed E-state index contributed by atoms with van der Waals surface area (Å²) in [6.07, 6.45) is 0. The second-order valence-electron chi connectivity index (χ2n) is 6.52. The summed E-state index contributed by atoms with van der Waals surface area (Å²) < 4.78 is 5.32. The summed E-state index contributed by atoms with van der Waals surface area (Å²) in [7, 11) is 0. The van der Waals surface area contributed by atoms with E-state index in [-0.39, 0.29) is 11.5 Å². The molecule has 1 aliphatic rings. The average Bonchev–Trinajstić information content (AvgIpc) is 3.39. The minimum atomic E-state index is -0.691. The fraction of sp³-hybridized carbons (Fsp3) is 0.278. The second kappa shape index (κ2) is 7.97. The van der Waals surface area contributed by atoms with Crippen molar-refractivity contribution in [1.29, 1.82) is 0 Å². The highest BCUT2D eigenvalue weighted by Gasteiger charge is 2.25. The van der Waals surface area contributed by atoms with Gasteiger partial charge < -0.3 is 14.5 Å². The van der Waals surface area contributed by atoms with Crippen LogP contribution >= 0.6 is 11.3 Å². The molecule has 1 aliphatic heterocycles. The van der Waals surface area contributed by atoms with Gasteiger partial charge >= 0.3 is 5.69 Å². The third-order valence-electron chi connectivity index (χ3n) is 4.65. The molecule has 0 aliphatic carbocycles. The fourth-order valence-corrected chi connectivity index (χ4v) is 3.77. The van der Waals surface area contributed by atoms with Crippen LogP contribution in [0.15, 0.2) is 40.2 Å². The lowest BCUT2D eigenvalue weighted by Crippen LogP contribution is -2.48. The molecule has 2 aromatic heterocycles. The van der Waals surface area contributed by atoms with Crippen LogP contribution < -0.4 is 0 Å². The molecular formula is C18H17N5O5S. The first-order valence-electron chi connectivity index (χ1n) is 8.87. The van der Waals surface area contributed by atoms with Crippen molar-refractivity contribution in [2.75, 3.05) is 26.2 Å². The van der Waals surface area contributed by atoms with Gasteiger partial charge in [-0.1, -0.05) is 11.2 Å². The Hall–Kier alpha value is -3.31. The van der Waals surface area contributed by atoms with Crippen molar-refractivity contribution in [3.8, 4) is 16.5 Å². The molecule has 3 aromatic rings. The molecule has 4 rings (SSSR count). The van der Waals surface area contributed by atoms with Crippen LogP contribution in [-0.4, -0.2) is 62.1 Å². The Kier molecular flexibility index (Phi) is 5.23. The number of carbonyl (C=O) groups excluding carboxylic acids is 1. The molecule has 0 spiro atoms. The number of hydrogen-bond donors (Lipinski definition) is 1. The number of phenols is 1. The Balaban J connectivity index is 1.34. The zero-order valence-electron chi connectivity index (χ0n) is 15.2. The maximum atomic E-state index is 12.6. The maximum absolute atomic E-state index is 12.6. The molecule has 150 valence electrons. The lowest BCUT2D eigenvalue weighted by atomic mass is 10.1. The lowest BCUT2D eigenvalue weighted by Gasteiger charge is -2.34. The minimum absolute atomic E-state index is 0.221. The lowest BCUT2D eigenvalue weighted by molar-refractivity contribution is -0.385. The number of carbonyl (C=O) groups is 1. The molecule has 0 saturated carbocycles. The van der Waals surface area contributed by atoms with Crippen LogP contribution in [0.3, 0.4) is 0 Å². The number of hydrogen-bond acceptors (Lipinski definition) is 9. The van der Waals surface area contributed by atoms with Gasteiger partial charge in [-0.25, -0.2) is 0 Å². The summed E-state index contributed by atoms with van der Waals surface area (Å²) >= 11 is 1.54. The van der Waals surface area contributed by atoms with Crippen LogP contribution in [0.1, 0.15) is 16.2 Å². The van der Waals surface area contributed by atoms with E-state index in [2.05, 4.69) is 15.0 Å². The largest absolute Gasteiger partial charge is 0.502 e. The highest BCUT2D eigenvalue weighted by molar-refractivity contribution is 7.13. The van der Waals surface area contributed by atoms with Gasteiger partial charge in [0.25, 0.3) is 5.91 Å². The van der Waals surface area contributed by atoms with Crippen molar-refractivity contribution < 1.29 is 19.3 Å². The van der Waals surface area contributed by atoms with E-state index in [0.717, 1.165) is 17.0 Å². The Bertz CT molecular complexity index is 1030. The Morgan fingerprint density at radius 3 is 2.72 bits per heavy atom. The Morgan fingerprint density at radius 1 is 1.28 bits per heavy atom. The molecule has 1 N–H and O–H groups in total. The third kappa shape index (κ3) is 4.10. The molecule has 1 aromatic carbocycles. The zero-order valence-corrected chi connectivity index (χ0v) is 16.0. The first-order chi connectivity index (χ1) is 14.0. The molecule has 11 heteroatoms. The summed E-state index contributed by atoms with van der Waals surface area (Å²) in [5.41, 5.74) is -0.202. The number of aromatic hydroxyl groups is 1. The first-order valence-corrected chi connectivity index (χ1v) is 9.75. The molecule has 3 heterocycles. The monoisotopic (exact) mass is 415 g/mol. The van der Waals surface area contributed by atoms with Gasteiger partial charge in [0.05, 0.1) is 16.3 Å². The van der Waals surface area contributed by atoms with Crippen molar-refractivity contribution in [2.45, 2.75) is 6.54 Å².